The SMILES string of the molecule is CNCc1cc(C)c(-c2cc(C)ccc2F)s1. The third-order valence-electron chi connectivity index (χ3n) is 2.69. The lowest BCUT2D eigenvalue weighted by Gasteiger charge is -2.03. The molecule has 0 saturated heterocycles. The van der Waals surface area contributed by atoms with Gasteiger partial charge in [-0.05, 0) is 44.7 Å². The Morgan fingerprint density at radius 1 is 1.24 bits per heavy atom. The molecule has 2 rings (SSSR count). The van der Waals surface area contributed by atoms with Gasteiger partial charge < -0.3 is 5.32 Å². The van der Waals surface area contributed by atoms with Crippen LogP contribution in [0.4, 0.5) is 4.39 Å². The molecule has 0 spiro atoms. The van der Waals surface area contributed by atoms with Gasteiger partial charge in [-0.1, -0.05) is 11.6 Å². The molecule has 0 bridgehead atoms. The standard InChI is InChI=1S/C14H16FNS/c1-9-4-5-13(15)12(6-9)14-10(2)7-11(17-14)8-16-3/h4-7,16H,8H2,1-3H3. The molecule has 0 atom stereocenters. The topological polar surface area (TPSA) is 12.0 Å². The summed E-state index contributed by atoms with van der Waals surface area (Å²) in [5.41, 5.74) is 2.95. The highest BCUT2D eigenvalue weighted by Crippen LogP contribution is 2.34. The van der Waals surface area contributed by atoms with Crippen molar-refractivity contribution in [3.05, 3.63) is 46.1 Å². The molecule has 0 radical (unpaired) electrons. The molecule has 1 N–H and O–H groups in total. The van der Waals surface area contributed by atoms with Gasteiger partial charge in [-0.25, -0.2) is 4.39 Å². The predicted octanol–water partition coefficient (Wildman–Crippen LogP) is 3.89. The number of hydrogen-bond acceptors (Lipinski definition) is 2. The van der Waals surface area contributed by atoms with Gasteiger partial charge in [-0.15, -0.1) is 11.3 Å². The van der Waals surface area contributed by atoms with Crippen LogP contribution >= 0.6 is 11.3 Å². The van der Waals surface area contributed by atoms with Gasteiger partial charge in [0.25, 0.3) is 0 Å². The minimum atomic E-state index is -0.142. The smallest absolute Gasteiger partial charge is 0.131 e. The number of benzene rings is 1. The molecule has 0 amide bonds. The molecule has 17 heavy (non-hydrogen) atoms. The van der Waals surface area contributed by atoms with E-state index >= 15 is 0 Å². The Kier molecular flexibility index (Phi) is 3.60. The molecule has 1 aromatic carbocycles. The molecule has 0 fully saturated rings. The maximum Gasteiger partial charge on any atom is 0.131 e. The van der Waals surface area contributed by atoms with Gasteiger partial charge in [0.05, 0.1) is 0 Å². The molecule has 0 aliphatic carbocycles. The van der Waals surface area contributed by atoms with Gasteiger partial charge >= 0.3 is 0 Å². The molecule has 1 nitrogen and oxygen atoms in total. The Balaban J connectivity index is 2.48. The Hall–Kier alpha value is -1.19. The van der Waals surface area contributed by atoms with Crippen molar-refractivity contribution in [3.8, 4) is 10.4 Å². The van der Waals surface area contributed by atoms with E-state index in [0.717, 1.165) is 28.1 Å². The van der Waals surface area contributed by atoms with Gasteiger partial charge in [0.2, 0.25) is 0 Å². The Morgan fingerprint density at radius 2 is 2.00 bits per heavy atom. The Morgan fingerprint density at radius 3 is 2.71 bits per heavy atom. The van der Waals surface area contributed by atoms with Crippen LogP contribution in [0.2, 0.25) is 0 Å². The monoisotopic (exact) mass is 249 g/mol. The molecular formula is C14H16FNS. The molecule has 0 aliphatic heterocycles. The van der Waals surface area contributed by atoms with Crippen molar-refractivity contribution in [1.29, 1.82) is 0 Å². The molecule has 0 saturated carbocycles. The minimum absolute atomic E-state index is 0.142. The molecular weight excluding hydrogens is 233 g/mol. The minimum Gasteiger partial charge on any atom is -0.315 e. The van der Waals surface area contributed by atoms with E-state index < -0.39 is 0 Å². The highest BCUT2D eigenvalue weighted by atomic mass is 32.1. The van der Waals surface area contributed by atoms with Crippen molar-refractivity contribution in [2.75, 3.05) is 7.05 Å². The summed E-state index contributed by atoms with van der Waals surface area (Å²) in [4.78, 5) is 2.28. The lowest BCUT2D eigenvalue weighted by Crippen LogP contribution is -2.02. The number of halogens is 1. The Labute approximate surface area is 105 Å². The predicted molar refractivity (Wildman–Crippen MR) is 72.0 cm³/mol. The highest BCUT2D eigenvalue weighted by Gasteiger charge is 2.11. The second kappa shape index (κ2) is 4.98. The van der Waals surface area contributed by atoms with Crippen molar-refractivity contribution in [3.63, 3.8) is 0 Å². The fourth-order valence-electron chi connectivity index (χ4n) is 1.89. The first-order chi connectivity index (χ1) is 8.11. The van der Waals surface area contributed by atoms with E-state index in [9.17, 15) is 4.39 Å². The quantitative estimate of drug-likeness (QED) is 0.870. The summed E-state index contributed by atoms with van der Waals surface area (Å²) < 4.78 is 13.8. The molecule has 1 heterocycles. The van der Waals surface area contributed by atoms with Crippen LogP contribution in [0.3, 0.4) is 0 Å². The normalized spacial score (nSPS) is 10.8. The third kappa shape index (κ3) is 2.56. The van der Waals surface area contributed by atoms with E-state index in [-0.39, 0.29) is 5.82 Å². The lowest BCUT2D eigenvalue weighted by atomic mass is 10.1. The number of aryl methyl sites for hydroxylation is 2. The van der Waals surface area contributed by atoms with Crippen molar-refractivity contribution < 1.29 is 4.39 Å². The molecule has 90 valence electrons. The van der Waals surface area contributed by atoms with Gasteiger partial charge in [0.1, 0.15) is 5.82 Å². The van der Waals surface area contributed by atoms with E-state index in [4.69, 9.17) is 0 Å². The van der Waals surface area contributed by atoms with Crippen LogP contribution < -0.4 is 5.32 Å². The maximum absolute atomic E-state index is 13.8. The van der Waals surface area contributed by atoms with E-state index in [1.165, 1.54) is 4.88 Å². The number of thiophene rings is 1. The summed E-state index contributed by atoms with van der Waals surface area (Å²) in [6.45, 7) is 4.85. The largest absolute Gasteiger partial charge is 0.315 e. The Bertz CT molecular complexity index is 531. The molecule has 1 aromatic heterocycles. The van der Waals surface area contributed by atoms with Gasteiger partial charge in [-0.2, -0.15) is 0 Å². The van der Waals surface area contributed by atoms with E-state index in [0.29, 0.717) is 0 Å². The van der Waals surface area contributed by atoms with Crippen molar-refractivity contribution >= 4 is 11.3 Å². The second-order valence-corrected chi connectivity index (χ2v) is 5.38. The van der Waals surface area contributed by atoms with Gasteiger partial charge in [-0.3, -0.25) is 0 Å². The first-order valence-electron chi connectivity index (χ1n) is 5.62. The van der Waals surface area contributed by atoms with Crippen molar-refractivity contribution in [1.82, 2.24) is 5.32 Å². The van der Waals surface area contributed by atoms with E-state index in [2.05, 4.69) is 11.4 Å². The van der Waals surface area contributed by atoms with E-state index in [1.54, 1.807) is 23.5 Å². The second-order valence-electron chi connectivity index (χ2n) is 4.24. The summed E-state index contributed by atoms with van der Waals surface area (Å²) >= 11 is 1.66. The van der Waals surface area contributed by atoms with Crippen LogP contribution in [0.15, 0.2) is 24.3 Å². The van der Waals surface area contributed by atoms with Gasteiger partial charge in [0.15, 0.2) is 0 Å². The zero-order chi connectivity index (χ0) is 12.4. The molecule has 0 unspecified atom stereocenters. The third-order valence-corrected chi connectivity index (χ3v) is 3.96. The maximum atomic E-state index is 13.8. The van der Waals surface area contributed by atoms with Crippen LogP contribution in [-0.2, 0) is 6.54 Å². The first-order valence-corrected chi connectivity index (χ1v) is 6.44. The van der Waals surface area contributed by atoms with Gasteiger partial charge in [0, 0.05) is 21.9 Å². The van der Waals surface area contributed by atoms with Crippen LogP contribution in [0.1, 0.15) is 16.0 Å². The van der Waals surface area contributed by atoms with Crippen LogP contribution in [0.5, 0.6) is 0 Å². The average Bonchev–Trinajstić information content (AvgIpc) is 2.64. The molecule has 0 aliphatic rings. The first kappa shape index (κ1) is 12.3. The zero-order valence-corrected chi connectivity index (χ0v) is 11.1. The van der Waals surface area contributed by atoms with Crippen LogP contribution in [-0.4, -0.2) is 7.05 Å². The summed E-state index contributed by atoms with van der Waals surface area (Å²) in [6, 6.07) is 7.38. The summed E-state index contributed by atoms with van der Waals surface area (Å²) in [5, 5.41) is 3.12. The lowest BCUT2D eigenvalue weighted by molar-refractivity contribution is 0.631. The van der Waals surface area contributed by atoms with Crippen molar-refractivity contribution in [2.24, 2.45) is 0 Å². The fourth-order valence-corrected chi connectivity index (χ4v) is 3.09. The summed E-state index contributed by atoms with van der Waals surface area (Å²) in [5.74, 6) is -0.142. The summed E-state index contributed by atoms with van der Waals surface area (Å²) in [6.07, 6.45) is 0. The zero-order valence-electron chi connectivity index (χ0n) is 10.3. The molecule has 2 aromatic rings. The average molecular weight is 249 g/mol. The molecule has 3 heteroatoms. The van der Waals surface area contributed by atoms with Crippen molar-refractivity contribution in [2.45, 2.75) is 20.4 Å². The summed E-state index contributed by atoms with van der Waals surface area (Å²) in [7, 11) is 1.92. The highest BCUT2D eigenvalue weighted by molar-refractivity contribution is 7.15. The van der Waals surface area contributed by atoms with E-state index in [1.807, 2.05) is 27.0 Å². The van der Waals surface area contributed by atoms with Crippen LogP contribution in [0, 0.1) is 19.7 Å². The van der Waals surface area contributed by atoms with Crippen LogP contribution in [0.25, 0.3) is 10.4 Å². The fraction of sp³-hybridized carbons (Fsp3) is 0.286. The number of rotatable bonds is 3. The number of nitrogens with one attached hydrogen (secondary N) is 1. The number of hydrogen-bond donors (Lipinski definition) is 1.